The fourth-order valence-corrected chi connectivity index (χ4v) is 2.18. The second-order valence-electron chi connectivity index (χ2n) is 6.62. The van der Waals surface area contributed by atoms with E-state index in [2.05, 4.69) is 26.8 Å². The Morgan fingerprint density at radius 2 is 1.79 bits per heavy atom. The van der Waals surface area contributed by atoms with E-state index < -0.39 is 11.4 Å². The summed E-state index contributed by atoms with van der Waals surface area (Å²) >= 11 is 0. The van der Waals surface area contributed by atoms with Crippen LogP contribution in [0.15, 0.2) is 18.2 Å². The number of methoxy groups -OCH3 is 1. The largest absolute Gasteiger partial charge is 0.496 e. The minimum absolute atomic E-state index is 0.0281. The molecular weight excluding hydrogens is 240 g/mol. The molecule has 0 bridgehead atoms. The summed E-state index contributed by atoms with van der Waals surface area (Å²) < 4.78 is 5.39. The SMILES string of the molecule is COc1ccc(C(C)(C)C)cc1C(C)(C)CC(=O)O. The quantitative estimate of drug-likeness (QED) is 0.901. The first-order chi connectivity index (χ1) is 8.58. The fourth-order valence-electron chi connectivity index (χ4n) is 2.18. The molecule has 0 spiro atoms. The van der Waals surface area contributed by atoms with Gasteiger partial charge in [0.1, 0.15) is 5.75 Å². The van der Waals surface area contributed by atoms with Gasteiger partial charge in [-0.05, 0) is 17.0 Å². The van der Waals surface area contributed by atoms with Crippen molar-refractivity contribution in [2.75, 3.05) is 7.11 Å². The Hall–Kier alpha value is -1.51. The topological polar surface area (TPSA) is 46.5 Å². The van der Waals surface area contributed by atoms with Gasteiger partial charge in [0.25, 0.3) is 0 Å². The van der Waals surface area contributed by atoms with Crippen LogP contribution < -0.4 is 4.74 Å². The van der Waals surface area contributed by atoms with Gasteiger partial charge in [0.15, 0.2) is 0 Å². The maximum absolute atomic E-state index is 11.0. The number of benzene rings is 1. The molecule has 0 saturated heterocycles. The molecule has 1 aromatic carbocycles. The van der Waals surface area contributed by atoms with Crippen molar-refractivity contribution in [2.45, 2.75) is 51.9 Å². The number of hydrogen-bond donors (Lipinski definition) is 1. The van der Waals surface area contributed by atoms with Crippen LogP contribution in [-0.4, -0.2) is 18.2 Å². The van der Waals surface area contributed by atoms with E-state index in [-0.39, 0.29) is 11.8 Å². The van der Waals surface area contributed by atoms with Crippen LogP contribution in [0.5, 0.6) is 5.75 Å². The molecular formula is C16H24O3. The number of hydrogen-bond acceptors (Lipinski definition) is 2. The molecule has 0 unspecified atom stereocenters. The zero-order valence-electron chi connectivity index (χ0n) is 12.7. The van der Waals surface area contributed by atoms with Crippen molar-refractivity contribution in [3.8, 4) is 5.75 Å². The molecule has 0 saturated carbocycles. The summed E-state index contributed by atoms with van der Waals surface area (Å²) in [5.74, 6) is -0.0486. The molecule has 0 amide bonds. The van der Waals surface area contributed by atoms with Gasteiger partial charge in [-0.1, -0.05) is 46.8 Å². The van der Waals surface area contributed by atoms with E-state index in [1.54, 1.807) is 7.11 Å². The first kappa shape index (κ1) is 15.5. The van der Waals surface area contributed by atoms with Gasteiger partial charge in [-0.2, -0.15) is 0 Å². The normalized spacial score (nSPS) is 12.3. The number of rotatable bonds is 4. The highest BCUT2D eigenvalue weighted by atomic mass is 16.5. The van der Waals surface area contributed by atoms with Gasteiger partial charge >= 0.3 is 5.97 Å². The Labute approximate surface area is 115 Å². The molecule has 3 nitrogen and oxygen atoms in total. The van der Waals surface area contributed by atoms with Crippen molar-refractivity contribution >= 4 is 5.97 Å². The number of carboxylic acids is 1. The van der Waals surface area contributed by atoms with Crippen LogP contribution in [-0.2, 0) is 15.6 Å². The van der Waals surface area contributed by atoms with E-state index in [1.807, 2.05) is 26.0 Å². The number of carboxylic acid groups (broad SMARTS) is 1. The Balaban J connectivity index is 3.34. The monoisotopic (exact) mass is 264 g/mol. The van der Waals surface area contributed by atoms with Gasteiger partial charge in [0.2, 0.25) is 0 Å². The van der Waals surface area contributed by atoms with Gasteiger partial charge < -0.3 is 9.84 Å². The van der Waals surface area contributed by atoms with E-state index in [1.165, 1.54) is 5.56 Å². The lowest BCUT2D eigenvalue weighted by atomic mass is 9.77. The molecule has 0 aliphatic rings. The highest BCUT2D eigenvalue weighted by Crippen LogP contribution is 2.37. The lowest BCUT2D eigenvalue weighted by Crippen LogP contribution is -2.23. The summed E-state index contributed by atoms with van der Waals surface area (Å²) in [5, 5.41) is 9.06. The number of carbonyl (C=O) groups is 1. The van der Waals surface area contributed by atoms with Crippen LogP contribution in [0, 0.1) is 0 Å². The van der Waals surface area contributed by atoms with Gasteiger partial charge in [0, 0.05) is 11.0 Å². The Morgan fingerprint density at radius 1 is 1.21 bits per heavy atom. The van der Waals surface area contributed by atoms with Gasteiger partial charge in [-0.3, -0.25) is 4.79 Å². The van der Waals surface area contributed by atoms with E-state index in [9.17, 15) is 4.79 Å². The zero-order chi connectivity index (χ0) is 14.8. The standard InChI is InChI=1S/C16H24O3/c1-15(2,3)11-7-8-13(19-6)12(9-11)16(4,5)10-14(17)18/h7-9H,10H2,1-6H3,(H,17,18). The smallest absolute Gasteiger partial charge is 0.304 e. The van der Waals surface area contributed by atoms with E-state index >= 15 is 0 Å². The van der Waals surface area contributed by atoms with Crippen LogP contribution in [0.25, 0.3) is 0 Å². The third-order valence-electron chi connectivity index (χ3n) is 3.39. The Bertz CT molecular complexity index is 467. The van der Waals surface area contributed by atoms with Crippen molar-refractivity contribution in [3.05, 3.63) is 29.3 Å². The highest BCUT2D eigenvalue weighted by Gasteiger charge is 2.29. The van der Waals surface area contributed by atoms with Crippen molar-refractivity contribution in [1.82, 2.24) is 0 Å². The average molecular weight is 264 g/mol. The first-order valence-corrected chi connectivity index (χ1v) is 6.49. The molecule has 0 aliphatic carbocycles. The van der Waals surface area contributed by atoms with Crippen LogP contribution >= 0.6 is 0 Å². The average Bonchev–Trinajstić information content (AvgIpc) is 2.25. The molecule has 0 atom stereocenters. The molecule has 19 heavy (non-hydrogen) atoms. The lowest BCUT2D eigenvalue weighted by Gasteiger charge is -2.28. The molecule has 106 valence electrons. The molecule has 3 heteroatoms. The van der Waals surface area contributed by atoms with Gasteiger partial charge in [-0.25, -0.2) is 0 Å². The van der Waals surface area contributed by atoms with Crippen LogP contribution in [0.2, 0.25) is 0 Å². The summed E-state index contributed by atoms with van der Waals surface area (Å²) in [7, 11) is 1.62. The lowest BCUT2D eigenvalue weighted by molar-refractivity contribution is -0.138. The molecule has 1 N–H and O–H groups in total. The summed E-state index contributed by atoms with van der Waals surface area (Å²) in [5.41, 5.74) is 1.70. The second-order valence-corrected chi connectivity index (χ2v) is 6.62. The molecule has 0 heterocycles. The highest BCUT2D eigenvalue weighted by molar-refractivity contribution is 5.69. The van der Waals surface area contributed by atoms with Gasteiger partial charge in [0.05, 0.1) is 13.5 Å². The zero-order valence-corrected chi connectivity index (χ0v) is 12.7. The van der Waals surface area contributed by atoms with Crippen LogP contribution in [0.3, 0.4) is 0 Å². The van der Waals surface area contributed by atoms with Gasteiger partial charge in [-0.15, -0.1) is 0 Å². The Morgan fingerprint density at radius 3 is 2.21 bits per heavy atom. The maximum atomic E-state index is 11.0. The summed E-state index contributed by atoms with van der Waals surface area (Å²) in [6.45, 7) is 10.3. The van der Waals surface area contributed by atoms with Crippen molar-refractivity contribution in [3.63, 3.8) is 0 Å². The maximum Gasteiger partial charge on any atom is 0.304 e. The summed E-state index contributed by atoms with van der Waals surface area (Å²) in [6.07, 6.45) is 0.0803. The molecule has 0 aliphatic heterocycles. The van der Waals surface area contributed by atoms with Crippen molar-refractivity contribution in [1.29, 1.82) is 0 Å². The molecule has 0 fully saturated rings. The third-order valence-corrected chi connectivity index (χ3v) is 3.39. The van der Waals surface area contributed by atoms with E-state index in [0.29, 0.717) is 0 Å². The number of ether oxygens (including phenoxy) is 1. The van der Waals surface area contributed by atoms with E-state index in [0.717, 1.165) is 11.3 Å². The van der Waals surface area contributed by atoms with Crippen molar-refractivity contribution < 1.29 is 14.6 Å². The van der Waals surface area contributed by atoms with E-state index in [4.69, 9.17) is 9.84 Å². The number of aliphatic carboxylic acids is 1. The van der Waals surface area contributed by atoms with Crippen LogP contribution in [0.4, 0.5) is 0 Å². The predicted molar refractivity (Wildman–Crippen MR) is 77.0 cm³/mol. The second kappa shape index (κ2) is 5.24. The minimum Gasteiger partial charge on any atom is -0.496 e. The summed E-state index contributed by atoms with van der Waals surface area (Å²) in [4.78, 5) is 11.0. The summed E-state index contributed by atoms with van der Waals surface area (Å²) in [6, 6.07) is 6.04. The molecule has 1 rings (SSSR count). The Kier molecular flexibility index (Phi) is 4.28. The third kappa shape index (κ3) is 3.72. The molecule has 1 aromatic rings. The van der Waals surface area contributed by atoms with Crippen LogP contribution in [0.1, 0.15) is 52.2 Å². The first-order valence-electron chi connectivity index (χ1n) is 6.49. The molecule has 0 aromatic heterocycles. The van der Waals surface area contributed by atoms with Crippen molar-refractivity contribution in [2.24, 2.45) is 0 Å². The predicted octanol–water partition coefficient (Wildman–Crippen LogP) is 3.75. The minimum atomic E-state index is -0.798. The fraction of sp³-hybridized carbons (Fsp3) is 0.562. The molecule has 0 radical (unpaired) electrons.